The molecule has 0 bridgehead atoms. The van der Waals surface area contributed by atoms with Crippen molar-refractivity contribution >= 4 is 10.8 Å². The third-order valence-electron chi connectivity index (χ3n) is 4.30. The van der Waals surface area contributed by atoms with Crippen LogP contribution in [0.2, 0.25) is 0 Å². The second kappa shape index (κ2) is 5.93. The monoisotopic (exact) mass is 329 g/mol. The van der Waals surface area contributed by atoms with Gasteiger partial charge in [-0.3, -0.25) is 4.98 Å². The molecule has 0 unspecified atom stereocenters. The van der Waals surface area contributed by atoms with E-state index in [9.17, 15) is 13.2 Å². The molecule has 0 radical (unpaired) electrons. The van der Waals surface area contributed by atoms with Crippen LogP contribution in [0.5, 0.6) is 0 Å². The minimum atomic E-state index is -4.33. The SMILES string of the molecule is Cc1cc(Cc2nccc3cc(C)c(C)cc23)cc(C(F)(F)F)c1. The minimum Gasteiger partial charge on any atom is -0.260 e. The molecule has 24 heavy (non-hydrogen) atoms. The molecule has 4 heteroatoms. The maximum atomic E-state index is 13.0. The third kappa shape index (κ3) is 3.28. The lowest BCUT2D eigenvalue weighted by Gasteiger charge is -2.12. The Labute approximate surface area is 139 Å². The topological polar surface area (TPSA) is 12.9 Å². The van der Waals surface area contributed by atoms with Crippen molar-refractivity contribution in [2.45, 2.75) is 33.4 Å². The maximum Gasteiger partial charge on any atom is 0.416 e. The van der Waals surface area contributed by atoms with Gasteiger partial charge in [-0.2, -0.15) is 13.2 Å². The molecule has 0 aliphatic heterocycles. The van der Waals surface area contributed by atoms with Gasteiger partial charge in [-0.15, -0.1) is 0 Å². The number of halogens is 3. The van der Waals surface area contributed by atoms with Crippen molar-refractivity contribution in [3.05, 3.63) is 76.1 Å². The summed E-state index contributed by atoms with van der Waals surface area (Å²) in [7, 11) is 0. The zero-order valence-corrected chi connectivity index (χ0v) is 13.8. The Morgan fingerprint density at radius 3 is 2.33 bits per heavy atom. The van der Waals surface area contributed by atoms with E-state index in [2.05, 4.69) is 17.1 Å². The van der Waals surface area contributed by atoms with E-state index in [0.717, 1.165) is 22.0 Å². The average Bonchev–Trinajstić information content (AvgIpc) is 2.48. The Morgan fingerprint density at radius 2 is 1.62 bits per heavy atom. The van der Waals surface area contributed by atoms with Crippen LogP contribution in [0.4, 0.5) is 13.2 Å². The first kappa shape index (κ1) is 16.5. The van der Waals surface area contributed by atoms with E-state index in [1.54, 1.807) is 19.2 Å². The zero-order chi connectivity index (χ0) is 17.5. The number of aryl methyl sites for hydroxylation is 3. The third-order valence-corrected chi connectivity index (χ3v) is 4.30. The number of rotatable bonds is 2. The second-order valence-corrected chi connectivity index (χ2v) is 6.30. The highest BCUT2D eigenvalue weighted by molar-refractivity contribution is 5.86. The van der Waals surface area contributed by atoms with Gasteiger partial charge in [-0.25, -0.2) is 0 Å². The van der Waals surface area contributed by atoms with Gasteiger partial charge in [0.15, 0.2) is 0 Å². The van der Waals surface area contributed by atoms with Crippen LogP contribution in [-0.2, 0) is 12.6 Å². The first-order valence-corrected chi connectivity index (χ1v) is 7.76. The predicted octanol–water partition coefficient (Wildman–Crippen LogP) is 5.77. The standard InChI is InChI=1S/C20H18F3N/c1-12-6-15(10-17(7-12)20(21,22)23)11-19-18-9-14(3)13(2)8-16(18)4-5-24-19/h4-10H,11H2,1-3H3. The number of pyridine rings is 1. The van der Waals surface area contributed by atoms with Crippen LogP contribution in [0, 0.1) is 20.8 Å². The first-order valence-electron chi connectivity index (χ1n) is 7.76. The van der Waals surface area contributed by atoms with E-state index < -0.39 is 11.7 Å². The minimum absolute atomic E-state index is 0.380. The van der Waals surface area contributed by atoms with E-state index in [1.807, 2.05) is 19.9 Å². The van der Waals surface area contributed by atoms with Crippen molar-refractivity contribution in [1.29, 1.82) is 0 Å². The fourth-order valence-corrected chi connectivity index (χ4v) is 2.97. The van der Waals surface area contributed by atoms with E-state index in [0.29, 0.717) is 17.5 Å². The smallest absolute Gasteiger partial charge is 0.260 e. The molecule has 0 aliphatic carbocycles. The lowest BCUT2D eigenvalue weighted by Crippen LogP contribution is -2.06. The fraction of sp³-hybridized carbons (Fsp3) is 0.250. The molecule has 0 N–H and O–H groups in total. The van der Waals surface area contributed by atoms with Gasteiger partial charge in [0.2, 0.25) is 0 Å². The predicted molar refractivity (Wildman–Crippen MR) is 90.2 cm³/mol. The summed E-state index contributed by atoms with van der Waals surface area (Å²) in [6.45, 7) is 5.76. The quantitative estimate of drug-likeness (QED) is 0.581. The van der Waals surface area contributed by atoms with Crippen LogP contribution in [0.25, 0.3) is 10.8 Å². The van der Waals surface area contributed by atoms with Crippen molar-refractivity contribution in [2.75, 3.05) is 0 Å². The molecule has 0 saturated carbocycles. The summed E-state index contributed by atoms with van der Waals surface area (Å²) < 4.78 is 39.1. The van der Waals surface area contributed by atoms with Crippen LogP contribution < -0.4 is 0 Å². The van der Waals surface area contributed by atoms with E-state index >= 15 is 0 Å². The lowest BCUT2D eigenvalue weighted by atomic mass is 9.97. The van der Waals surface area contributed by atoms with Crippen molar-refractivity contribution < 1.29 is 13.2 Å². The van der Waals surface area contributed by atoms with E-state index in [4.69, 9.17) is 0 Å². The van der Waals surface area contributed by atoms with Gasteiger partial charge in [0.25, 0.3) is 0 Å². The average molecular weight is 329 g/mol. The normalized spacial score (nSPS) is 11.9. The number of aromatic nitrogens is 1. The van der Waals surface area contributed by atoms with Gasteiger partial charge in [0, 0.05) is 18.0 Å². The van der Waals surface area contributed by atoms with Crippen molar-refractivity contribution in [3.63, 3.8) is 0 Å². The largest absolute Gasteiger partial charge is 0.416 e. The van der Waals surface area contributed by atoms with Crippen molar-refractivity contribution in [1.82, 2.24) is 4.98 Å². The molecule has 0 amide bonds. The van der Waals surface area contributed by atoms with Gasteiger partial charge in [-0.1, -0.05) is 17.7 Å². The maximum absolute atomic E-state index is 13.0. The summed E-state index contributed by atoms with van der Waals surface area (Å²) in [5.41, 5.74) is 3.76. The fourth-order valence-electron chi connectivity index (χ4n) is 2.97. The van der Waals surface area contributed by atoms with Crippen LogP contribution in [0.3, 0.4) is 0 Å². The van der Waals surface area contributed by atoms with E-state index in [-0.39, 0.29) is 0 Å². The van der Waals surface area contributed by atoms with Crippen LogP contribution in [-0.4, -0.2) is 4.98 Å². The van der Waals surface area contributed by atoms with Crippen LogP contribution >= 0.6 is 0 Å². The molecular formula is C20H18F3N. The number of alkyl halides is 3. The van der Waals surface area contributed by atoms with Crippen LogP contribution in [0.1, 0.15) is 33.5 Å². The lowest BCUT2D eigenvalue weighted by molar-refractivity contribution is -0.137. The van der Waals surface area contributed by atoms with Gasteiger partial charge in [0.05, 0.1) is 11.3 Å². The molecule has 0 atom stereocenters. The van der Waals surface area contributed by atoms with Gasteiger partial charge < -0.3 is 0 Å². The highest BCUT2D eigenvalue weighted by Gasteiger charge is 2.30. The van der Waals surface area contributed by atoms with Crippen LogP contribution in [0.15, 0.2) is 42.6 Å². The molecule has 0 fully saturated rings. The molecule has 0 spiro atoms. The summed E-state index contributed by atoms with van der Waals surface area (Å²) >= 11 is 0. The number of benzene rings is 2. The zero-order valence-electron chi connectivity index (χ0n) is 13.8. The summed E-state index contributed by atoms with van der Waals surface area (Å²) in [4.78, 5) is 4.41. The highest BCUT2D eigenvalue weighted by Crippen LogP contribution is 2.31. The van der Waals surface area contributed by atoms with E-state index in [1.165, 1.54) is 17.7 Å². The Balaban J connectivity index is 2.08. The molecule has 3 rings (SSSR count). The van der Waals surface area contributed by atoms with Gasteiger partial charge in [-0.05, 0) is 67.1 Å². The molecule has 0 aliphatic rings. The number of fused-ring (bicyclic) bond motifs is 1. The first-order chi connectivity index (χ1) is 11.2. The van der Waals surface area contributed by atoms with Gasteiger partial charge in [0.1, 0.15) is 0 Å². The molecule has 1 nitrogen and oxygen atoms in total. The summed E-state index contributed by atoms with van der Waals surface area (Å²) in [5.74, 6) is 0. The number of nitrogens with zero attached hydrogens (tertiary/aromatic N) is 1. The summed E-state index contributed by atoms with van der Waals surface area (Å²) in [5, 5.41) is 2.06. The van der Waals surface area contributed by atoms with Gasteiger partial charge >= 0.3 is 6.18 Å². The summed E-state index contributed by atoms with van der Waals surface area (Å²) in [6.07, 6.45) is -2.24. The van der Waals surface area contributed by atoms with Crippen molar-refractivity contribution in [2.24, 2.45) is 0 Å². The summed E-state index contributed by atoms with van der Waals surface area (Å²) in [6, 6.07) is 10.3. The molecule has 0 saturated heterocycles. The van der Waals surface area contributed by atoms with Crippen molar-refractivity contribution in [3.8, 4) is 0 Å². The number of hydrogen-bond donors (Lipinski definition) is 0. The Kier molecular flexibility index (Phi) is 4.08. The molecule has 1 aromatic heterocycles. The molecule has 1 heterocycles. The Morgan fingerprint density at radius 1 is 0.917 bits per heavy atom. The molecule has 2 aromatic carbocycles. The Hall–Kier alpha value is -2.36. The Bertz CT molecular complexity index is 911. The number of hydrogen-bond acceptors (Lipinski definition) is 1. The molecule has 124 valence electrons. The molecule has 3 aromatic rings. The molecular weight excluding hydrogens is 311 g/mol. The second-order valence-electron chi connectivity index (χ2n) is 6.30. The highest BCUT2D eigenvalue weighted by atomic mass is 19.4.